The lowest BCUT2D eigenvalue weighted by Crippen LogP contribution is -2.43. The number of fused-ring (bicyclic) bond motifs is 1. The number of carbonyl (C=O) groups is 1. The number of nitrogens with zero attached hydrogens (tertiary/aromatic N) is 3. The number of halogens is 1. The Hall–Kier alpha value is -1.14. The Morgan fingerprint density at radius 2 is 2.29 bits per heavy atom. The van der Waals surface area contributed by atoms with Crippen molar-refractivity contribution in [3.8, 4) is 0 Å². The molecule has 0 bridgehead atoms. The molecule has 1 aliphatic heterocycles. The molecule has 1 aromatic rings. The molecule has 2 fully saturated rings. The van der Waals surface area contributed by atoms with Crippen LogP contribution in [0.25, 0.3) is 0 Å². The van der Waals surface area contributed by atoms with Crippen molar-refractivity contribution in [2.75, 3.05) is 6.54 Å². The molecule has 0 radical (unpaired) electrons. The lowest BCUT2D eigenvalue weighted by molar-refractivity contribution is -0.122. The van der Waals surface area contributed by atoms with Crippen LogP contribution in [0.1, 0.15) is 37.9 Å². The minimum Gasteiger partial charge on any atom is -0.354 e. The van der Waals surface area contributed by atoms with E-state index in [1.807, 2.05) is 7.05 Å². The van der Waals surface area contributed by atoms with Crippen molar-refractivity contribution in [1.29, 1.82) is 0 Å². The van der Waals surface area contributed by atoms with Crippen molar-refractivity contribution in [1.82, 2.24) is 25.4 Å². The molecular formula is C14H24ClN5O. The highest BCUT2D eigenvalue weighted by Crippen LogP contribution is 2.33. The van der Waals surface area contributed by atoms with Crippen LogP contribution >= 0.6 is 12.4 Å². The van der Waals surface area contributed by atoms with Crippen molar-refractivity contribution in [3.05, 3.63) is 12.2 Å². The fourth-order valence-electron chi connectivity index (χ4n) is 3.44. The summed E-state index contributed by atoms with van der Waals surface area (Å²) < 4.78 is 1.68. The van der Waals surface area contributed by atoms with Gasteiger partial charge in [0, 0.05) is 26.1 Å². The second kappa shape index (κ2) is 7.22. The Morgan fingerprint density at radius 1 is 1.48 bits per heavy atom. The van der Waals surface area contributed by atoms with E-state index in [0.717, 1.165) is 12.2 Å². The first-order chi connectivity index (χ1) is 9.72. The Bertz CT molecular complexity index is 464. The standard InChI is InChI=1S/C14H23N5O.ClH/c1-19-9-16-13(18-19)6-7-15-14(20)12-8-10-4-2-3-5-11(10)17-12;/h9-12,17H,2-8H2,1H3,(H,15,20);1H. The molecule has 3 unspecified atom stereocenters. The summed E-state index contributed by atoms with van der Waals surface area (Å²) in [6.07, 6.45) is 8.49. The molecule has 1 aliphatic carbocycles. The van der Waals surface area contributed by atoms with Gasteiger partial charge in [-0.15, -0.1) is 12.4 Å². The highest BCUT2D eigenvalue weighted by atomic mass is 35.5. The highest BCUT2D eigenvalue weighted by molar-refractivity contribution is 5.85. The van der Waals surface area contributed by atoms with E-state index in [1.54, 1.807) is 11.0 Å². The van der Waals surface area contributed by atoms with Gasteiger partial charge in [0.05, 0.1) is 6.04 Å². The predicted octanol–water partition coefficient (Wildman–Crippen LogP) is 0.816. The summed E-state index contributed by atoms with van der Waals surface area (Å²) in [5.74, 6) is 1.62. The number of amides is 1. The number of hydrogen-bond acceptors (Lipinski definition) is 4. The van der Waals surface area contributed by atoms with Crippen molar-refractivity contribution in [3.63, 3.8) is 0 Å². The highest BCUT2D eigenvalue weighted by Gasteiger charge is 2.37. The maximum absolute atomic E-state index is 12.2. The zero-order chi connectivity index (χ0) is 13.9. The average Bonchev–Trinajstić information content (AvgIpc) is 3.04. The smallest absolute Gasteiger partial charge is 0.237 e. The number of carbonyl (C=O) groups excluding carboxylic acids is 1. The van der Waals surface area contributed by atoms with E-state index < -0.39 is 0 Å². The second-order valence-corrected chi connectivity index (χ2v) is 5.98. The monoisotopic (exact) mass is 313 g/mol. The lowest BCUT2D eigenvalue weighted by atomic mass is 9.85. The number of hydrogen-bond donors (Lipinski definition) is 2. The van der Waals surface area contributed by atoms with Gasteiger partial charge in [0.15, 0.2) is 5.82 Å². The summed E-state index contributed by atoms with van der Waals surface area (Å²) >= 11 is 0. The van der Waals surface area contributed by atoms with Crippen molar-refractivity contribution >= 4 is 18.3 Å². The van der Waals surface area contributed by atoms with E-state index in [0.29, 0.717) is 24.9 Å². The molecule has 2 N–H and O–H groups in total. The quantitative estimate of drug-likeness (QED) is 0.863. The van der Waals surface area contributed by atoms with Gasteiger partial charge in [-0.3, -0.25) is 9.48 Å². The topological polar surface area (TPSA) is 71.8 Å². The molecule has 118 valence electrons. The molecule has 1 aromatic heterocycles. The zero-order valence-electron chi connectivity index (χ0n) is 12.4. The Labute approximate surface area is 131 Å². The summed E-state index contributed by atoms with van der Waals surface area (Å²) in [6, 6.07) is 0.566. The predicted molar refractivity (Wildman–Crippen MR) is 82.3 cm³/mol. The Morgan fingerprint density at radius 3 is 3.00 bits per heavy atom. The van der Waals surface area contributed by atoms with E-state index in [-0.39, 0.29) is 24.4 Å². The number of rotatable bonds is 4. The Balaban J connectivity index is 0.00000161. The van der Waals surface area contributed by atoms with E-state index in [4.69, 9.17) is 0 Å². The summed E-state index contributed by atoms with van der Waals surface area (Å²) in [6.45, 7) is 0.608. The lowest BCUT2D eigenvalue weighted by Gasteiger charge is -2.24. The maximum Gasteiger partial charge on any atom is 0.237 e. The first kappa shape index (κ1) is 16.2. The van der Waals surface area contributed by atoms with Gasteiger partial charge in [0.2, 0.25) is 5.91 Å². The number of aromatic nitrogens is 3. The van der Waals surface area contributed by atoms with Gasteiger partial charge >= 0.3 is 0 Å². The largest absolute Gasteiger partial charge is 0.354 e. The molecule has 3 atom stereocenters. The Kier molecular flexibility index (Phi) is 5.58. The van der Waals surface area contributed by atoms with Crippen LogP contribution in [-0.4, -0.2) is 39.3 Å². The minimum atomic E-state index is -0.000193. The normalized spacial score (nSPS) is 27.8. The van der Waals surface area contributed by atoms with Crippen LogP contribution in [0.15, 0.2) is 6.33 Å². The number of nitrogens with one attached hydrogen (secondary N) is 2. The first-order valence-corrected chi connectivity index (χ1v) is 7.60. The molecule has 7 heteroatoms. The van der Waals surface area contributed by atoms with Crippen LogP contribution in [0.2, 0.25) is 0 Å². The average molecular weight is 314 g/mol. The van der Waals surface area contributed by atoms with Crippen molar-refractivity contribution < 1.29 is 4.79 Å². The van der Waals surface area contributed by atoms with Crippen molar-refractivity contribution in [2.24, 2.45) is 13.0 Å². The van der Waals surface area contributed by atoms with Crippen LogP contribution in [0.4, 0.5) is 0 Å². The van der Waals surface area contributed by atoms with E-state index in [9.17, 15) is 4.79 Å². The molecule has 2 aliphatic rings. The SMILES string of the molecule is Cl.Cn1cnc(CCNC(=O)C2CC3CCCCC3N2)n1. The molecule has 1 saturated carbocycles. The molecule has 2 heterocycles. The zero-order valence-corrected chi connectivity index (χ0v) is 13.2. The minimum absolute atomic E-state index is 0. The van der Waals surface area contributed by atoms with Crippen LogP contribution in [0.3, 0.4) is 0 Å². The van der Waals surface area contributed by atoms with Gasteiger partial charge in [0.1, 0.15) is 6.33 Å². The van der Waals surface area contributed by atoms with E-state index in [2.05, 4.69) is 20.7 Å². The van der Waals surface area contributed by atoms with Gasteiger partial charge in [-0.05, 0) is 25.2 Å². The summed E-state index contributed by atoms with van der Waals surface area (Å²) in [4.78, 5) is 16.3. The molecule has 21 heavy (non-hydrogen) atoms. The third-order valence-electron chi connectivity index (χ3n) is 4.47. The van der Waals surface area contributed by atoms with Crippen LogP contribution in [-0.2, 0) is 18.3 Å². The fourth-order valence-corrected chi connectivity index (χ4v) is 3.44. The van der Waals surface area contributed by atoms with E-state index >= 15 is 0 Å². The molecule has 3 rings (SSSR count). The second-order valence-electron chi connectivity index (χ2n) is 5.98. The summed E-state index contributed by atoms with van der Waals surface area (Å²) in [7, 11) is 1.85. The van der Waals surface area contributed by atoms with Gasteiger partial charge < -0.3 is 10.6 Å². The summed E-state index contributed by atoms with van der Waals surface area (Å²) in [5, 5.41) is 10.7. The molecular weight excluding hydrogens is 290 g/mol. The fraction of sp³-hybridized carbons (Fsp3) is 0.786. The maximum atomic E-state index is 12.2. The van der Waals surface area contributed by atoms with E-state index in [1.165, 1.54) is 25.7 Å². The number of aryl methyl sites for hydroxylation is 1. The molecule has 0 spiro atoms. The van der Waals surface area contributed by atoms with Gasteiger partial charge in [-0.25, -0.2) is 4.98 Å². The molecule has 6 nitrogen and oxygen atoms in total. The molecule has 0 aromatic carbocycles. The van der Waals surface area contributed by atoms with Gasteiger partial charge in [-0.1, -0.05) is 12.8 Å². The van der Waals surface area contributed by atoms with Crippen molar-refractivity contribution in [2.45, 2.75) is 50.6 Å². The summed E-state index contributed by atoms with van der Waals surface area (Å²) in [5.41, 5.74) is 0. The van der Waals surface area contributed by atoms with Gasteiger partial charge in [-0.2, -0.15) is 5.10 Å². The first-order valence-electron chi connectivity index (χ1n) is 7.60. The van der Waals surface area contributed by atoms with Gasteiger partial charge in [0.25, 0.3) is 0 Å². The van der Waals surface area contributed by atoms with Crippen LogP contribution in [0, 0.1) is 5.92 Å². The third-order valence-corrected chi connectivity index (χ3v) is 4.47. The third kappa shape index (κ3) is 3.95. The van der Waals surface area contributed by atoms with Crippen LogP contribution < -0.4 is 10.6 Å². The molecule has 1 saturated heterocycles. The van der Waals surface area contributed by atoms with Crippen LogP contribution in [0.5, 0.6) is 0 Å². The molecule has 1 amide bonds.